The Bertz CT molecular complexity index is 777. The summed E-state index contributed by atoms with van der Waals surface area (Å²) in [5.74, 6) is -0.711. The van der Waals surface area contributed by atoms with E-state index >= 15 is 0 Å². The van der Waals surface area contributed by atoms with E-state index in [2.05, 4.69) is 5.10 Å². The van der Waals surface area contributed by atoms with Gasteiger partial charge in [0.2, 0.25) is 11.5 Å². The van der Waals surface area contributed by atoms with Crippen molar-refractivity contribution in [3.63, 3.8) is 0 Å². The molecular formula is C14H10F3N3O3. The maximum Gasteiger partial charge on any atom is 0.416 e. The molecule has 0 amide bonds. The first-order chi connectivity index (χ1) is 10.7. The van der Waals surface area contributed by atoms with Gasteiger partial charge < -0.3 is 0 Å². The average Bonchev–Trinajstić information content (AvgIpc) is 2.86. The minimum absolute atomic E-state index is 0.333. The molecule has 0 saturated carbocycles. The molecule has 0 N–H and O–H groups in total. The van der Waals surface area contributed by atoms with Gasteiger partial charge in [-0.3, -0.25) is 19.6 Å². The summed E-state index contributed by atoms with van der Waals surface area (Å²) in [6.07, 6.45) is -1.05. The van der Waals surface area contributed by atoms with Crippen molar-refractivity contribution < 1.29 is 22.9 Å². The van der Waals surface area contributed by atoms with Crippen LogP contribution in [0.3, 0.4) is 0 Å². The molecule has 0 unspecified atom stereocenters. The number of ketones is 1. The summed E-state index contributed by atoms with van der Waals surface area (Å²) in [7, 11) is 1.43. The number of hydrogen-bond acceptors (Lipinski definition) is 4. The number of nitro groups is 1. The number of aromatic nitrogens is 2. The molecule has 2 rings (SSSR count). The average molecular weight is 325 g/mol. The minimum Gasteiger partial charge on any atom is -0.287 e. The summed E-state index contributed by atoms with van der Waals surface area (Å²) in [4.78, 5) is 22.0. The number of aryl methyl sites for hydroxylation is 1. The van der Waals surface area contributed by atoms with E-state index in [-0.39, 0.29) is 5.69 Å². The van der Waals surface area contributed by atoms with E-state index in [1.165, 1.54) is 25.3 Å². The molecule has 2 aromatic rings. The van der Waals surface area contributed by atoms with Crippen molar-refractivity contribution in [3.05, 3.63) is 63.5 Å². The van der Waals surface area contributed by atoms with Crippen LogP contribution in [0.5, 0.6) is 0 Å². The highest BCUT2D eigenvalue weighted by Gasteiger charge is 2.29. The lowest BCUT2D eigenvalue weighted by atomic mass is 10.1. The largest absolute Gasteiger partial charge is 0.416 e. The normalized spacial score (nSPS) is 11.8. The molecule has 0 atom stereocenters. The SMILES string of the molecule is Cn1cc([N+](=O)[O-])c(C(=O)/C=C/c2ccc(C(F)(F)F)cc2)n1. The van der Waals surface area contributed by atoms with Crippen molar-refractivity contribution in [3.8, 4) is 0 Å². The number of benzene rings is 1. The molecule has 0 spiro atoms. The molecule has 0 aliphatic rings. The first kappa shape index (κ1) is 16.4. The van der Waals surface area contributed by atoms with Gasteiger partial charge in [-0.05, 0) is 23.8 Å². The highest BCUT2D eigenvalue weighted by Crippen LogP contribution is 2.29. The van der Waals surface area contributed by atoms with E-state index in [4.69, 9.17) is 0 Å². The Morgan fingerprint density at radius 1 is 1.30 bits per heavy atom. The van der Waals surface area contributed by atoms with Crippen molar-refractivity contribution >= 4 is 17.5 Å². The van der Waals surface area contributed by atoms with Crippen LogP contribution in [0.4, 0.5) is 18.9 Å². The van der Waals surface area contributed by atoms with Crippen molar-refractivity contribution in [1.82, 2.24) is 9.78 Å². The van der Waals surface area contributed by atoms with Gasteiger partial charge in [0, 0.05) is 7.05 Å². The highest BCUT2D eigenvalue weighted by molar-refractivity contribution is 6.07. The second kappa shape index (κ2) is 6.03. The van der Waals surface area contributed by atoms with E-state index in [1.807, 2.05) is 0 Å². The molecule has 1 aromatic heterocycles. The molecule has 1 aromatic carbocycles. The standard InChI is InChI=1S/C14H10F3N3O3/c1-19-8-11(20(22)23)13(18-19)12(21)7-4-9-2-5-10(6-3-9)14(15,16)17/h2-8H,1H3/b7-4+. The predicted octanol–water partition coefficient (Wildman–Crippen LogP) is 3.24. The fourth-order valence-electron chi connectivity index (χ4n) is 1.82. The van der Waals surface area contributed by atoms with Gasteiger partial charge in [0.05, 0.1) is 10.5 Å². The lowest BCUT2D eigenvalue weighted by Gasteiger charge is -2.05. The zero-order chi connectivity index (χ0) is 17.2. The van der Waals surface area contributed by atoms with Crippen molar-refractivity contribution in [2.75, 3.05) is 0 Å². The maximum atomic E-state index is 12.4. The van der Waals surface area contributed by atoms with Crippen molar-refractivity contribution in [2.24, 2.45) is 7.05 Å². The van der Waals surface area contributed by atoms with Gasteiger partial charge in [-0.15, -0.1) is 0 Å². The third-order valence-electron chi connectivity index (χ3n) is 2.90. The smallest absolute Gasteiger partial charge is 0.287 e. The lowest BCUT2D eigenvalue weighted by molar-refractivity contribution is -0.385. The number of halogens is 3. The first-order valence-electron chi connectivity index (χ1n) is 6.26. The van der Waals surface area contributed by atoms with Crippen LogP contribution < -0.4 is 0 Å². The van der Waals surface area contributed by atoms with E-state index in [9.17, 15) is 28.1 Å². The van der Waals surface area contributed by atoms with Gasteiger partial charge in [-0.2, -0.15) is 18.3 Å². The van der Waals surface area contributed by atoms with Gasteiger partial charge in [-0.1, -0.05) is 18.2 Å². The van der Waals surface area contributed by atoms with Crippen LogP contribution in [0.1, 0.15) is 21.6 Å². The molecule has 0 aliphatic heterocycles. The van der Waals surface area contributed by atoms with Crippen LogP contribution in [-0.4, -0.2) is 20.5 Å². The minimum atomic E-state index is -4.44. The zero-order valence-electron chi connectivity index (χ0n) is 11.7. The van der Waals surface area contributed by atoms with Crippen molar-refractivity contribution in [2.45, 2.75) is 6.18 Å². The lowest BCUT2D eigenvalue weighted by Crippen LogP contribution is -2.04. The fourth-order valence-corrected chi connectivity index (χ4v) is 1.82. The Morgan fingerprint density at radius 3 is 2.43 bits per heavy atom. The zero-order valence-corrected chi connectivity index (χ0v) is 11.7. The molecule has 0 saturated heterocycles. The second-order valence-corrected chi connectivity index (χ2v) is 4.61. The Kier molecular flexibility index (Phi) is 4.30. The molecule has 0 aliphatic carbocycles. The molecule has 6 nitrogen and oxygen atoms in total. The number of carbonyl (C=O) groups is 1. The molecule has 0 bridgehead atoms. The van der Waals surface area contributed by atoms with Gasteiger partial charge >= 0.3 is 11.9 Å². The fraction of sp³-hybridized carbons (Fsp3) is 0.143. The van der Waals surface area contributed by atoms with Crippen LogP contribution >= 0.6 is 0 Å². The van der Waals surface area contributed by atoms with Crippen LogP contribution in [0.2, 0.25) is 0 Å². The van der Waals surface area contributed by atoms with Crippen LogP contribution in [0.25, 0.3) is 6.08 Å². The summed E-state index contributed by atoms with van der Waals surface area (Å²) in [6, 6.07) is 4.15. The number of rotatable bonds is 4. The predicted molar refractivity (Wildman–Crippen MR) is 74.7 cm³/mol. The Morgan fingerprint density at radius 2 is 1.91 bits per heavy atom. The number of nitrogens with zero attached hydrogens (tertiary/aromatic N) is 3. The molecule has 9 heteroatoms. The molecule has 23 heavy (non-hydrogen) atoms. The van der Waals surface area contributed by atoms with Gasteiger partial charge in [-0.25, -0.2) is 0 Å². The molecule has 1 heterocycles. The molecule has 120 valence electrons. The maximum absolute atomic E-state index is 12.4. The van der Waals surface area contributed by atoms with E-state index < -0.39 is 28.1 Å². The van der Waals surface area contributed by atoms with Crippen LogP contribution in [0.15, 0.2) is 36.5 Å². The quantitative estimate of drug-likeness (QED) is 0.374. The van der Waals surface area contributed by atoms with Gasteiger partial charge in [0.15, 0.2) is 0 Å². The number of allylic oxidation sites excluding steroid dienone is 1. The summed E-state index contributed by atoms with van der Waals surface area (Å²) in [5, 5.41) is 14.5. The monoisotopic (exact) mass is 325 g/mol. The highest BCUT2D eigenvalue weighted by atomic mass is 19.4. The second-order valence-electron chi connectivity index (χ2n) is 4.61. The number of hydrogen-bond donors (Lipinski definition) is 0. The van der Waals surface area contributed by atoms with Gasteiger partial charge in [0.1, 0.15) is 6.20 Å². The third kappa shape index (κ3) is 3.82. The number of alkyl halides is 3. The van der Waals surface area contributed by atoms with E-state index in [1.54, 1.807) is 0 Å². The third-order valence-corrected chi connectivity index (χ3v) is 2.90. The van der Waals surface area contributed by atoms with E-state index in [0.717, 1.165) is 29.1 Å². The topological polar surface area (TPSA) is 78.0 Å². The van der Waals surface area contributed by atoms with E-state index in [0.29, 0.717) is 5.56 Å². The summed E-state index contributed by atoms with van der Waals surface area (Å²) in [6.45, 7) is 0. The first-order valence-corrected chi connectivity index (χ1v) is 6.26. The molecule has 0 radical (unpaired) electrons. The van der Waals surface area contributed by atoms with Crippen LogP contribution in [-0.2, 0) is 13.2 Å². The number of carbonyl (C=O) groups excluding carboxylic acids is 1. The summed E-state index contributed by atoms with van der Waals surface area (Å²) < 4.78 is 38.4. The molecule has 0 fully saturated rings. The van der Waals surface area contributed by atoms with Gasteiger partial charge in [0.25, 0.3) is 0 Å². The summed E-state index contributed by atoms with van der Waals surface area (Å²) in [5.41, 5.74) is -1.22. The van der Waals surface area contributed by atoms with Crippen molar-refractivity contribution in [1.29, 1.82) is 0 Å². The Labute approximate surface area is 128 Å². The summed E-state index contributed by atoms with van der Waals surface area (Å²) >= 11 is 0. The Hall–Kier alpha value is -2.97. The Balaban J connectivity index is 2.20. The molecular weight excluding hydrogens is 315 g/mol. The van der Waals surface area contributed by atoms with Crippen LogP contribution in [0, 0.1) is 10.1 Å².